The third-order valence-electron chi connectivity index (χ3n) is 6.52. The van der Waals surface area contributed by atoms with Crippen LogP contribution in [0.25, 0.3) is 11.1 Å². The van der Waals surface area contributed by atoms with E-state index in [1.807, 2.05) is 12.4 Å². The van der Waals surface area contributed by atoms with Gasteiger partial charge in [-0.2, -0.15) is 10.1 Å². The fourth-order valence-corrected chi connectivity index (χ4v) is 4.63. The number of nitrogens with one attached hydrogen (secondary N) is 3. The number of benzene rings is 1. The molecule has 174 valence electrons. The number of aromatic nitrogens is 4. The average Bonchev–Trinajstić information content (AvgIpc) is 3.29. The van der Waals surface area contributed by atoms with Crippen molar-refractivity contribution in [2.24, 2.45) is 5.73 Å². The van der Waals surface area contributed by atoms with Gasteiger partial charge in [0.2, 0.25) is 5.95 Å². The summed E-state index contributed by atoms with van der Waals surface area (Å²) in [6, 6.07) is 7.07. The zero-order chi connectivity index (χ0) is 22.6. The molecule has 3 aromatic rings. The van der Waals surface area contributed by atoms with E-state index >= 15 is 0 Å². The second-order valence-corrected chi connectivity index (χ2v) is 8.96. The van der Waals surface area contributed by atoms with Gasteiger partial charge in [0.25, 0.3) is 0 Å². The molecule has 1 fully saturated rings. The highest BCUT2D eigenvalue weighted by Crippen LogP contribution is 2.30. The number of aliphatic hydroxyl groups excluding tert-OH is 1. The zero-order valence-electron chi connectivity index (χ0n) is 18.8. The largest absolute Gasteiger partial charge is 0.394 e. The molecule has 0 atom stereocenters. The molecule has 1 aliphatic heterocycles. The Kier molecular flexibility index (Phi) is 6.52. The number of nitrogens with two attached hydrogens (primary N) is 1. The first kappa shape index (κ1) is 21.8. The molecule has 6 N–H and O–H groups in total. The molecule has 2 aromatic heterocycles. The summed E-state index contributed by atoms with van der Waals surface area (Å²) in [5, 5.41) is 24.0. The van der Waals surface area contributed by atoms with Crippen molar-refractivity contribution in [1.82, 2.24) is 25.1 Å². The Bertz CT molecular complexity index is 1090. The number of rotatable bonds is 7. The topological polar surface area (TPSA) is 126 Å². The molecule has 0 saturated heterocycles. The normalized spacial score (nSPS) is 20.3. The van der Waals surface area contributed by atoms with Gasteiger partial charge in [-0.3, -0.25) is 4.68 Å². The van der Waals surface area contributed by atoms with E-state index in [2.05, 4.69) is 44.2 Å². The first-order valence-electron chi connectivity index (χ1n) is 11.8. The predicted octanol–water partition coefficient (Wildman–Crippen LogP) is 2.40. The van der Waals surface area contributed by atoms with E-state index in [-0.39, 0.29) is 6.61 Å². The highest BCUT2D eigenvalue weighted by Gasteiger charge is 2.21. The van der Waals surface area contributed by atoms with Gasteiger partial charge in [0.05, 0.1) is 19.3 Å². The van der Waals surface area contributed by atoms with Crippen LogP contribution in [0.5, 0.6) is 0 Å². The predicted molar refractivity (Wildman–Crippen MR) is 129 cm³/mol. The molecule has 33 heavy (non-hydrogen) atoms. The summed E-state index contributed by atoms with van der Waals surface area (Å²) in [7, 11) is 0. The van der Waals surface area contributed by atoms with Crippen LogP contribution in [0, 0.1) is 0 Å². The molecular formula is C24H32N8O. The average molecular weight is 449 g/mol. The summed E-state index contributed by atoms with van der Waals surface area (Å²) in [6.07, 6.45) is 10.7. The second-order valence-electron chi connectivity index (χ2n) is 8.96. The third-order valence-corrected chi connectivity index (χ3v) is 6.52. The van der Waals surface area contributed by atoms with Gasteiger partial charge >= 0.3 is 0 Å². The van der Waals surface area contributed by atoms with Gasteiger partial charge in [-0.05, 0) is 61.9 Å². The minimum atomic E-state index is 0.0458. The molecule has 1 saturated carbocycles. The van der Waals surface area contributed by atoms with Crippen molar-refractivity contribution < 1.29 is 5.11 Å². The highest BCUT2D eigenvalue weighted by molar-refractivity contribution is 5.75. The summed E-state index contributed by atoms with van der Waals surface area (Å²) >= 11 is 0. The number of hydrogen-bond donors (Lipinski definition) is 5. The highest BCUT2D eigenvalue weighted by atomic mass is 16.3. The summed E-state index contributed by atoms with van der Waals surface area (Å²) in [4.78, 5) is 9.46. The van der Waals surface area contributed by atoms with Crippen LogP contribution in [-0.2, 0) is 19.5 Å². The Labute approximate surface area is 193 Å². The van der Waals surface area contributed by atoms with Crippen LogP contribution in [0.3, 0.4) is 0 Å². The number of hydrogen-bond acceptors (Lipinski definition) is 8. The van der Waals surface area contributed by atoms with Crippen molar-refractivity contribution in [3.63, 3.8) is 0 Å². The van der Waals surface area contributed by atoms with Crippen LogP contribution in [0.4, 0.5) is 17.5 Å². The molecule has 0 amide bonds. The maximum Gasteiger partial charge on any atom is 0.229 e. The Hall–Kier alpha value is -3.01. The fraction of sp³-hybridized carbons (Fsp3) is 0.458. The van der Waals surface area contributed by atoms with Gasteiger partial charge in [0.1, 0.15) is 5.82 Å². The van der Waals surface area contributed by atoms with Crippen molar-refractivity contribution >= 4 is 17.5 Å². The van der Waals surface area contributed by atoms with E-state index in [0.29, 0.717) is 24.6 Å². The van der Waals surface area contributed by atoms with Crippen molar-refractivity contribution in [2.75, 3.05) is 23.8 Å². The van der Waals surface area contributed by atoms with Crippen molar-refractivity contribution in [3.05, 3.63) is 47.9 Å². The van der Waals surface area contributed by atoms with E-state index < -0.39 is 0 Å². The Morgan fingerprint density at radius 2 is 2.03 bits per heavy atom. The van der Waals surface area contributed by atoms with Crippen LogP contribution in [0.1, 0.15) is 36.8 Å². The maximum atomic E-state index is 9.22. The van der Waals surface area contributed by atoms with Crippen LogP contribution in [-0.4, -0.2) is 50.1 Å². The summed E-state index contributed by atoms with van der Waals surface area (Å²) in [5.74, 6) is 1.34. The van der Waals surface area contributed by atoms with Crippen LogP contribution < -0.4 is 21.7 Å². The van der Waals surface area contributed by atoms with Crippen LogP contribution >= 0.6 is 0 Å². The zero-order valence-corrected chi connectivity index (χ0v) is 18.8. The van der Waals surface area contributed by atoms with E-state index in [0.717, 1.165) is 67.8 Å². The second kappa shape index (κ2) is 9.86. The minimum absolute atomic E-state index is 0.0458. The smallest absolute Gasteiger partial charge is 0.229 e. The SMILES string of the molecule is N[C@H]1CC[C@@H](Nc2nc(Nc3ccc4c(c3)CNCC4)ncc2-c2cnn(CCO)c2)CC1. The van der Waals surface area contributed by atoms with Crippen molar-refractivity contribution in [2.45, 2.75) is 57.3 Å². The van der Waals surface area contributed by atoms with Gasteiger partial charge in [0.15, 0.2) is 0 Å². The molecule has 9 heteroatoms. The number of aliphatic hydroxyl groups is 1. The molecule has 0 radical (unpaired) electrons. The lowest BCUT2D eigenvalue weighted by Crippen LogP contribution is -2.33. The molecule has 2 aliphatic rings. The number of fused-ring (bicyclic) bond motifs is 1. The van der Waals surface area contributed by atoms with Gasteiger partial charge < -0.3 is 26.8 Å². The summed E-state index contributed by atoms with van der Waals surface area (Å²) < 4.78 is 1.73. The van der Waals surface area contributed by atoms with Crippen LogP contribution in [0.15, 0.2) is 36.8 Å². The molecule has 0 unspecified atom stereocenters. The first-order valence-corrected chi connectivity index (χ1v) is 11.8. The Morgan fingerprint density at radius 1 is 1.15 bits per heavy atom. The molecule has 3 heterocycles. The molecule has 9 nitrogen and oxygen atoms in total. The van der Waals surface area contributed by atoms with Crippen molar-refractivity contribution in [3.8, 4) is 11.1 Å². The molecule has 0 bridgehead atoms. The van der Waals surface area contributed by atoms with Crippen LogP contribution in [0.2, 0.25) is 0 Å². The molecule has 1 aliphatic carbocycles. The number of nitrogens with zero attached hydrogens (tertiary/aromatic N) is 4. The molecule has 5 rings (SSSR count). The third kappa shape index (κ3) is 5.16. The Balaban J connectivity index is 1.41. The number of anilines is 3. The van der Waals surface area contributed by atoms with Crippen molar-refractivity contribution in [1.29, 1.82) is 0 Å². The molecule has 0 spiro atoms. The van der Waals surface area contributed by atoms with Gasteiger partial charge in [-0.25, -0.2) is 4.98 Å². The van der Waals surface area contributed by atoms with Gasteiger partial charge in [-0.15, -0.1) is 0 Å². The van der Waals surface area contributed by atoms with Gasteiger partial charge in [-0.1, -0.05) is 6.07 Å². The first-order chi connectivity index (χ1) is 16.2. The van der Waals surface area contributed by atoms with E-state index in [4.69, 9.17) is 10.7 Å². The van der Waals surface area contributed by atoms with E-state index in [1.165, 1.54) is 11.1 Å². The monoisotopic (exact) mass is 448 g/mol. The summed E-state index contributed by atoms with van der Waals surface area (Å²) in [6.45, 7) is 2.42. The lowest BCUT2D eigenvalue weighted by molar-refractivity contribution is 0.269. The summed E-state index contributed by atoms with van der Waals surface area (Å²) in [5.41, 5.74) is 11.6. The standard InChI is InChI=1S/C24H32N8O/c25-19-2-5-20(6-3-19)29-23-22(18-13-28-32(15-18)9-10-33)14-27-24(31-23)30-21-4-1-16-7-8-26-12-17(16)11-21/h1,4,11,13-15,19-20,26,33H,2-3,5-10,12,25H2,(H2,27,29,30,31)/t19-,20+. The Morgan fingerprint density at radius 3 is 2.88 bits per heavy atom. The minimum Gasteiger partial charge on any atom is -0.394 e. The lowest BCUT2D eigenvalue weighted by atomic mass is 9.91. The van der Waals surface area contributed by atoms with Gasteiger partial charge in [0, 0.05) is 47.8 Å². The quantitative estimate of drug-likeness (QED) is 0.373. The van der Waals surface area contributed by atoms with E-state index in [9.17, 15) is 5.11 Å². The maximum absolute atomic E-state index is 9.22. The fourth-order valence-electron chi connectivity index (χ4n) is 4.63. The lowest BCUT2D eigenvalue weighted by Gasteiger charge is -2.28. The molecule has 1 aromatic carbocycles. The molecular weight excluding hydrogens is 416 g/mol. The van der Waals surface area contributed by atoms with E-state index in [1.54, 1.807) is 10.9 Å².